The third kappa shape index (κ3) is 6.44. The number of rotatable bonds is 8. The van der Waals surface area contributed by atoms with E-state index in [-0.39, 0.29) is 24.5 Å². The van der Waals surface area contributed by atoms with Crippen molar-refractivity contribution in [3.63, 3.8) is 0 Å². The molecule has 0 unspecified atom stereocenters. The topological polar surface area (TPSA) is 91.3 Å². The fourth-order valence-corrected chi connectivity index (χ4v) is 3.37. The van der Waals surface area contributed by atoms with E-state index in [1.165, 1.54) is 6.07 Å². The maximum atomic E-state index is 12.6. The molecule has 1 aromatic rings. The lowest BCUT2D eigenvalue weighted by molar-refractivity contribution is 0.00692. The molecule has 1 aromatic carbocycles. The zero-order chi connectivity index (χ0) is 19.3. The maximum absolute atomic E-state index is 12.6. The molecule has 0 saturated heterocycles. The van der Waals surface area contributed by atoms with Gasteiger partial charge in [0.25, 0.3) is 0 Å². The Balaban J connectivity index is 3.22. The number of aliphatic hydroxyl groups excluding tert-OH is 1. The smallest absolute Gasteiger partial charge is 0.456 e. The van der Waals surface area contributed by atoms with Crippen molar-refractivity contribution in [2.75, 3.05) is 13.2 Å². The van der Waals surface area contributed by atoms with Gasteiger partial charge in [-0.25, -0.2) is 9.36 Å². The van der Waals surface area contributed by atoms with E-state index in [9.17, 15) is 14.5 Å². The number of phosphoric ester groups is 1. The van der Waals surface area contributed by atoms with Crippen LogP contribution in [0.1, 0.15) is 56.1 Å². The quantitative estimate of drug-likeness (QED) is 0.543. The minimum absolute atomic E-state index is 0.140. The van der Waals surface area contributed by atoms with Crippen LogP contribution in [0.3, 0.4) is 0 Å². The summed E-state index contributed by atoms with van der Waals surface area (Å²) in [7, 11) is -3.81. The van der Waals surface area contributed by atoms with Gasteiger partial charge in [-0.2, -0.15) is 0 Å². The number of ether oxygens (including phenoxy) is 1. The summed E-state index contributed by atoms with van der Waals surface area (Å²) in [6.45, 7) is 10.2. The van der Waals surface area contributed by atoms with Crippen LogP contribution in [-0.4, -0.2) is 29.9 Å². The van der Waals surface area contributed by atoms with Gasteiger partial charge in [-0.3, -0.25) is 9.05 Å². The predicted octanol–water partition coefficient (Wildman–Crippen LogP) is 4.00. The average Bonchev–Trinajstić information content (AvgIpc) is 2.47. The van der Waals surface area contributed by atoms with E-state index < -0.39 is 26.0 Å². The van der Waals surface area contributed by atoms with E-state index >= 15 is 0 Å². The fraction of sp³-hybridized carbons (Fsp3) is 0.588. The molecule has 0 fully saturated rings. The molecule has 1 rings (SSSR count). The third-order valence-corrected chi connectivity index (χ3v) is 4.49. The number of carbonyl (C=O) groups is 1. The number of aliphatic hydroxyl groups is 1. The molecule has 8 heteroatoms. The lowest BCUT2D eigenvalue weighted by atomic mass is 10.0. The Morgan fingerprint density at radius 2 is 1.72 bits per heavy atom. The molecule has 1 N–H and O–H groups in total. The molecule has 0 heterocycles. The first-order chi connectivity index (χ1) is 11.5. The fourth-order valence-electron chi connectivity index (χ4n) is 2.07. The molecule has 0 atom stereocenters. The molecule has 0 bridgehead atoms. The average molecular weight is 374 g/mol. The number of esters is 1. The van der Waals surface area contributed by atoms with E-state index in [2.05, 4.69) is 0 Å². The summed E-state index contributed by atoms with van der Waals surface area (Å²) in [5, 5.41) is 9.63. The largest absolute Gasteiger partial charge is 0.530 e. The zero-order valence-corrected chi connectivity index (χ0v) is 16.5. The van der Waals surface area contributed by atoms with Crippen molar-refractivity contribution in [3.8, 4) is 5.75 Å². The van der Waals surface area contributed by atoms with Crippen LogP contribution in [-0.2, 0) is 25.0 Å². The summed E-state index contributed by atoms with van der Waals surface area (Å²) in [6.07, 6.45) is 0. The second kappa shape index (κ2) is 8.81. The summed E-state index contributed by atoms with van der Waals surface area (Å²) < 4.78 is 33.6. The number of phosphoric acid groups is 1. The van der Waals surface area contributed by atoms with Crippen LogP contribution >= 0.6 is 7.82 Å². The minimum atomic E-state index is -3.81. The van der Waals surface area contributed by atoms with Gasteiger partial charge in [0.05, 0.1) is 25.4 Å². The predicted molar refractivity (Wildman–Crippen MR) is 93.8 cm³/mol. The summed E-state index contributed by atoms with van der Waals surface area (Å²) >= 11 is 0. The van der Waals surface area contributed by atoms with E-state index in [0.29, 0.717) is 11.1 Å². The molecule has 0 spiro atoms. The highest BCUT2D eigenvalue weighted by Gasteiger charge is 2.30. The molecule has 0 aliphatic heterocycles. The standard InChI is InChI=1S/C17H27O7P/c1-7-21-25(20,22-8-2)24-15-12(3)9-13(10-14(15)11-18)16(19)23-17(4,5)6/h9-10,18H,7-8,11H2,1-6H3. The summed E-state index contributed by atoms with van der Waals surface area (Å²) in [4.78, 5) is 12.2. The maximum Gasteiger partial charge on any atom is 0.530 e. The van der Waals surface area contributed by atoms with Crippen LogP contribution < -0.4 is 4.52 Å². The summed E-state index contributed by atoms with van der Waals surface area (Å²) in [6, 6.07) is 2.99. The normalized spacial score (nSPS) is 12.1. The van der Waals surface area contributed by atoms with Crippen molar-refractivity contribution in [1.29, 1.82) is 0 Å². The SMILES string of the molecule is CCOP(=O)(OCC)Oc1c(C)cc(C(=O)OC(C)(C)C)cc1CO. The Bertz CT molecular complexity index is 639. The summed E-state index contributed by atoms with van der Waals surface area (Å²) in [5.41, 5.74) is 0.429. The Morgan fingerprint density at radius 1 is 1.16 bits per heavy atom. The molecular formula is C17H27O7P. The van der Waals surface area contributed by atoms with Gasteiger partial charge in [0.2, 0.25) is 0 Å². The van der Waals surface area contributed by atoms with Crippen LogP contribution in [0, 0.1) is 6.92 Å². The molecular weight excluding hydrogens is 347 g/mol. The van der Waals surface area contributed by atoms with Gasteiger partial charge >= 0.3 is 13.8 Å². The van der Waals surface area contributed by atoms with Gasteiger partial charge in [0.1, 0.15) is 11.4 Å². The summed E-state index contributed by atoms with van der Waals surface area (Å²) in [5.74, 6) is -0.352. The zero-order valence-electron chi connectivity index (χ0n) is 15.6. The second-order valence-electron chi connectivity index (χ2n) is 6.32. The van der Waals surface area contributed by atoms with Crippen molar-refractivity contribution >= 4 is 13.8 Å². The molecule has 142 valence electrons. The van der Waals surface area contributed by atoms with Crippen LogP contribution in [0.25, 0.3) is 0 Å². The Labute approximate surface area is 148 Å². The molecule has 0 radical (unpaired) electrons. The first kappa shape index (κ1) is 21.6. The van der Waals surface area contributed by atoms with Crippen LogP contribution in [0.2, 0.25) is 0 Å². The van der Waals surface area contributed by atoms with Gasteiger partial charge in [0.15, 0.2) is 0 Å². The number of benzene rings is 1. The van der Waals surface area contributed by atoms with Crippen LogP contribution in [0.5, 0.6) is 5.75 Å². The Morgan fingerprint density at radius 3 is 2.16 bits per heavy atom. The molecule has 0 aliphatic carbocycles. The monoisotopic (exact) mass is 374 g/mol. The number of aryl methyl sites for hydroxylation is 1. The van der Waals surface area contributed by atoms with Crippen molar-refractivity contribution in [2.24, 2.45) is 0 Å². The molecule has 7 nitrogen and oxygen atoms in total. The van der Waals surface area contributed by atoms with E-state index in [0.717, 1.165) is 0 Å². The van der Waals surface area contributed by atoms with Crippen LogP contribution in [0.4, 0.5) is 0 Å². The van der Waals surface area contributed by atoms with Gasteiger partial charge in [-0.1, -0.05) is 0 Å². The first-order valence-corrected chi connectivity index (χ1v) is 9.57. The van der Waals surface area contributed by atoms with Gasteiger partial charge in [-0.15, -0.1) is 0 Å². The van der Waals surface area contributed by atoms with Crippen LogP contribution in [0.15, 0.2) is 12.1 Å². The first-order valence-electron chi connectivity index (χ1n) is 8.11. The molecule has 25 heavy (non-hydrogen) atoms. The van der Waals surface area contributed by atoms with Gasteiger partial charge in [-0.05, 0) is 59.2 Å². The van der Waals surface area contributed by atoms with Crippen molar-refractivity contribution in [2.45, 2.75) is 53.8 Å². The molecule has 0 aliphatic rings. The highest BCUT2D eigenvalue weighted by molar-refractivity contribution is 7.48. The van der Waals surface area contributed by atoms with Crippen molar-refractivity contribution < 1.29 is 32.8 Å². The Hall–Kier alpha value is -1.40. The second-order valence-corrected chi connectivity index (χ2v) is 7.91. The highest BCUT2D eigenvalue weighted by atomic mass is 31.2. The number of carbonyl (C=O) groups excluding carboxylic acids is 1. The lowest BCUT2D eigenvalue weighted by Gasteiger charge is -2.22. The Kier molecular flexibility index (Phi) is 7.62. The molecule has 0 aromatic heterocycles. The third-order valence-electron chi connectivity index (χ3n) is 2.93. The van der Waals surface area contributed by atoms with Crippen molar-refractivity contribution in [1.82, 2.24) is 0 Å². The molecule has 0 saturated carbocycles. The molecule has 0 amide bonds. The van der Waals surface area contributed by atoms with E-state index in [4.69, 9.17) is 18.3 Å². The number of hydrogen-bond donors (Lipinski definition) is 1. The van der Waals surface area contributed by atoms with E-state index in [1.54, 1.807) is 47.6 Å². The van der Waals surface area contributed by atoms with Gasteiger partial charge < -0.3 is 14.4 Å². The number of hydrogen-bond acceptors (Lipinski definition) is 7. The highest BCUT2D eigenvalue weighted by Crippen LogP contribution is 2.51. The lowest BCUT2D eigenvalue weighted by Crippen LogP contribution is -2.24. The minimum Gasteiger partial charge on any atom is -0.456 e. The van der Waals surface area contributed by atoms with E-state index in [1.807, 2.05) is 0 Å². The van der Waals surface area contributed by atoms with Gasteiger partial charge in [0, 0.05) is 5.56 Å². The van der Waals surface area contributed by atoms with Crippen molar-refractivity contribution in [3.05, 3.63) is 28.8 Å².